The Morgan fingerprint density at radius 1 is 1.17 bits per heavy atom. The molecule has 0 radical (unpaired) electrons. The summed E-state index contributed by atoms with van der Waals surface area (Å²) in [5, 5.41) is 9.58. The van der Waals surface area contributed by atoms with Crippen LogP contribution >= 0.6 is 0 Å². The average Bonchev–Trinajstić information content (AvgIpc) is 2.55. The molecule has 0 aliphatic rings. The second kappa shape index (κ2) is 5.78. The summed E-state index contributed by atoms with van der Waals surface area (Å²) in [6, 6.07) is 16.1. The highest BCUT2D eigenvalue weighted by molar-refractivity contribution is 5.95. The lowest BCUT2D eigenvalue weighted by Gasteiger charge is -2.02. The number of hydrogen-bond acceptors (Lipinski definition) is 4. The van der Waals surface area contributed by atoms with E-state index in [0.29, 0.717) is 22.2 Å². The van der Waals surface area contributed by atoms with Crippen LogP contribution in [0.4, 0.5) is 5.69 Å². The summed E-state index contributed by atoms with van der Waals surface area (Å²) in [5.74, 6) is -0.635. The molecular weight excluding hydrogens is 290 g/mol. The first-order valence-corrected chi connectivity index (χ1v) is 6.96. The Balaban J connectivity index is 2.26. The van der Waals surface area contributed by atoms with Gasteiger partial charge in [0.2, 0.25) is 5.55 Å². The SMILES string of the molecule is Cc1ccc(N=c2oc3ccc(C#N)cc3cc2C(N)=O)cc1. The van der Waals surface area contributed by atoms with E-state index in [1.165, 1.54) is 0 Å². The largest absolute Gasteiger partial charge is 0.438 e. The lowest BCUT2D eigenvalue weighted by Crippen LogP contribution is -2.21. The molecule has 3 rings (SSSR count). The Hall–Kier alpha value is -3.39. The van der Waals surface area contributed by atoms with E-state index in [2.05, 4.69) is 4.99 Å². The molecule has 0 saturated heterocycles. The smallest absolute Gasteiger partial charge is 0.254 e. The summed E-state index contributed by atoms with van der Waals surface area (Å²) < 4.78 is 5.71. The number of rotatable bonds is 2. The highest BCUT2D eigenvalue weighted by Gasteiger charge is 2.10. The number of hydrogen-bond donors (Lipinski definition) is 1. The molecule has 1 heterocycles. The summed E-state index contributed by atoms with van der Waals surface area (Å²) in [6.45, 7) is 1.98. The zero-order valence-corrected chi connectivity index (χ0v) is 12.4. The molecule has 0 aliphatic carbocycles. The van der Waals surface area contributed by atoms with E-state index in [0.717, 1.165) is 5.56 Å². The van der Waals surface area contributed by atoms with Crippen LogP contribution in [0, 0.1) is 18.3 Å². The fourth-order valence-electron chi connectivity index (χ4n) is 2.20. The number of carbonyl (C=O) groups is 1. The van der Waals surface area contributed by atoms with Gasteiger partial charge < -0.3 is 10.2 Å². The molecule has 1 aromatic heterocycles. The molecule has 0 bridgehead atoms. The van der Waals surface area contributed by atoms with Crippen molar-refractivity contribution in [2.75, 3.05) is 0 Å². The summed E-state index contributed by atoms with van der Waals surface area (Å²) >= 11 is 0. The topological polar surface area (TPSA) is 92.4 Å². The van der Waals surface area contributed by atoms with Crippen LogP contribution in [0.2, 0.25) is 0 Å². The Morgan fingerprint density at radius 3 is 2.57 bits per heavy atom. The second-order valence-corrected chi connectivity index (χ2v) is 5.14. The number of amides is 1. The Labute approximate surface area is 132 Å². The van der Waals surface area contributed by atoms with Gasteiger partial charge in [-0.25, -0.2) is 4.99 Å². The van der Waals surface area contributed by atoms with Crippen molar-refractivity contribution < 1.29 is 9.21 Å². The third-order valence-electron chi connectivity index (χ3n) is 3.41. The zero-order valence-electron chi connectivity index (χ0n) is 12.4. The van der Waals surface area contributed by atoms with E-state index in [-0.39, 0.29) is 11.1 Å². The van der Waals surface area contributed by atoms with Gasteiger partial charge in [-0.05, 0) is 43.3 Å². The minimum absolute atomic E-state index is 0.151. The number of fused-ring (bicyclic) bond motifs is 1. The predicted octanol–water partition coefficient (Wildman–Crippen LogP) is 2.94. The Bertz CT molecular complexity index is 1010. The van der Waals surface area contributed by atoms with Gasteiger partial charge in [0.15, 0.2) is 0 Å². The van der Waals surface area contributed by atoms with Crippen molar-refractivity contribution in [1.82, 2.24) is 0 Å². The van der Waals surface area contributed by atoms with E-state index >= 15 is 0 Å². The van der Waals surface area contributed by atoms with Crippen LogP contribution in [0.25, 0.3) is 11.0 Å². The summed E-state index contributed by atoms with van der Waals surface area (Å²) in [7, 11) is 0. The zero-order chi connectivity index (χ0) is 16.4. The van der Waals surface area contributed by atoms with Crippen molar-refractivity contribution in [3.8, 4) is 6.07 Å². The lowest BCUT2D eigenvalue weighted by molar-refractivity contribution is 0.0996. The van der Waals surface area contributed by atoms with E-state index < -0.39 is 5.91 Å². The van der Waals surface area contributed by atoms with E-state index in [1.54, 1.807) is 24.3 Å². The Morgan fingerprint density at radius 2 is 1.91 bits per heavy atom. The van der Waals surface area contributed by atoms with Crippen LogP contribution in [0.3, 0.4) is 0 Å². The van der Waals surface area contributed by atoms with Gasteiger partial charge in [-0.3, -0.25) is 4.79 Å². The lowest BCUT2D eigenvalue weighted by atomic mass is 10.1. The van der Waals surface area contributed by atoms with Crippen LogP contribution in [-0.2, 0) is 0 Å². The van der Waals surface area contributed by atoms with Gasteiger partial charge >= 0.3 is 0 Å². The molecule has 0 saturated carbocycles. The number of benzene rings is 2. The molecule has 5 nitrogen and oxygen atoms in total. The molecule has 0 fully saturated rings. The van der Waals surface area contributed by atoms with E-state index in [9.17, 15) is 4.79 Å². The third-order valence-corrected chi connectivity index (χ3v) is 3.41. The number of primary amides is 1. The molecule has 2 N–H and O–H groups in total. The van der Waals surface area contributed by atoms with Crippen molar-refractivity contribution in [1.29, 1.82) is 5.26 Å². The first-order chi connectivity index (χ1) is 11.1. The van der Waals surface area contributed by atoms with Crippen molar-refractivity contribution in [2.45, 2.75) is 6.92 Å². The third kappa shape index (κ3) is 2.97. The van der Waals surface area contributed by atoms with Gasteiger partial charge in [-0.1, -0.05) is 17.7 Å². The van der Waals surface area contributed by atoms with Crippen LogP contribution in [0.1, 0.15) is 21.5 Å². The maximum atomic E-state index is 11.7. The molecule has 0 spiro atoms. The van der Waals surface area contributed by atoms with Crippen molar-refractivity contribution in [2.24, 2.45) is 10.7 Å². The van der Waals surface area contributed by atoms with E-state index in [1.807, 2.05) is 37.3 Å². The number of nitrogens with zero attached hydrogens (tertiary/aromatic N) is 2. The molecule has 23 heavy (non-hydrogen) atoms. The van der Waals surface area contributed by atoms with E-state index in [4.69, 9.17) is 15.4 Å². The standard InChI is InChI=1S/C18H13N3O2/c1-11-2-5-14(6-3-11)21-18-15(17(20)22)9-13-8-12(10-19)4-7-16(13)23-18/h2-9H,1H3,(H2,20,22). The molecule has 0 atom stereocenters. The highest BCUT2D eigenvalue weighted by atomic mass is 16.3. The fourth-order valence-corrected chi connectivity index (χ4v) is 2.20. The first kappa shape index (κ1) is 14.5. The van der Waals surface area contributed by atoms with Crippen molar-refractivity contribution >= 4 is 22.6 Å². The first-order valence-electron chi connectivity index (χ1n) is 6.96. The van der Waals surface area contributed by atoms with Gasteiger partial charge in [0.05, 0.1) is 17.3 Å². The summed E-state index contributed by atoms with van der Waals surface area (Å²) in [5.41, 5.74) is 8.53. The van der Waals surface area contributed by atoms with Crippen LogP contribution < -0.4 is 11.3 Å². The number of nitrogens with two attached hydrogens (primary N) is 1. The van der Waals surface area contributed by atoms with Gasteiger partial charge in [0, 0.05) is 5.39 Å². The highest BCUT2D eigenvalue weighted by Crippen LogP contribution is 2.17. The quantitative estimate of drug-likeness (QED) is 0.788. The molecular formula is C18H13N3O2. The minimum Gasteiger partial charge on any atom is -0.438 e. The monoisotopic (exact) mass is 303 g/mol. The maximum Gasteiger partial charge on any atom is 0.254 e. The number of aryl methyl sites for hydroxylation is 1. The number of carbonyl (C=O) groups excluding carboxylic acids is 1. The average molecular weight is 303 g/mol. The molecule has 0 aliphatic heterocycles. The molecule has 1 amide bonds. The molecule has 5 heteroatoms. The predicted molar refractivity (Wildman–Crippen MR) is 85.8 cm³/mol. The molecule has 0 unspecified atom stereocenters. The van der Waals surface area contributed by atoms with Gasteiger partial charge in [-0.2, -0.15) is 5.26 Å². The van der Waals surface area contributed by atoms with Crippen LogP contribution in [-0.4, -0.2) is 5.91 Å². The van der Waals surface area contributed by atoms with Crippen molar-refractivity contribution in [3.05, 3.63) is 70.8 Å². The van der Waals surface area contributed by atoms with Gasteiger partial charge in [0.25, 0.3) is 5.91 Å². The fraction of sp³-hybridized carbons (Fsp3) is 0.0556. The molecule has 2 aromatic carbocycles. The van der Waals surface area contributed by atoms with Gasteiger partial charge in [0.1, 0.15) is 11.1 Å². The summed E-state index contributed by atoms with van der Waals surface area (Å²) in [6.07, 6.45) is 0. The second-order valence-electron chi connectivity index (χ2n) is 5.14. The number of nitriles is 1. The minimum atomic E-state index is -0.635. The van der Waals surface area contributed by atoms with Crippen LogP contribution in [0.5, 0.6) is 0 Å². The maximum absolute atomic E-state index is 11.7. The van der Waals surface area contributed by atoms with Crippen LogP contribution in [0.15, 0.2) is 57.9 Å². The van der Waals surface area contributed by atoms with Gasteiger partial charge in [-0.15, -0.1) is 0 Å². The normalized spacial score (nSPS) is 11.4. The summed E-state index contributed by atoms with van der Waals surface area (Å²) in [4.78, 5) is 16.1. The Kier molecular flexibility index (Phi) is 3.65. The van der Waals surface area contributed by atoms with Crippen molar-refractivity contribution in [3.63, 3.8) is 0 Å². The molecule has 112 valence electrons. The molecule has 3 aromatic rings.